The Morgan fingerprint density at radius 1 is 0.110 bits per heavy atom. The van der Waals surface area contributed by atoms with Crippen LogP contribution in [0.2, 0.25) is 0 Å². The molecule has 2 aromatic heterocycles. The highest BCUT2D eigenvalue weighted by Gasteiger charge is 2.24. The number of benzene rings is 26. The molecule has 28 aromatic rings. The molecular formula is C142H94N4. The lowest BCUT2D eigenvalue weighted by Crippen LogP contribution is -2.10. The van der Waals surface area contributed by atoms with Crippen LogP contribution in [0.1, 0.15) is 0 Å². The summed E-state index contributed by atoms with van der Waals surface area (Å²) in [6.07, 6.45) is 0. The van der Waals surface area contributed by atoms with E-state index in [0.29, 0.717) is 0 Å². The maximum absolute atomic E-state index is 2.43. The first-order valence-corrected chi connectivity index (χ1v) is 50.3. The maximum atomic E-state index is 2.43. The van der Waals surface area contributed by atoms with Crippen molar-refractivity contribution in [2.45, 2.75) is 0 Å². The first-order valence-electron chi connectivity index (χ1n) is 50.3. The second-order valence-electron chi connectivity index (χ2n) is 38.1. The number of hydrogen-bond donors (Lipinski definition) is 0. The van der Waals surface area contributed by atoms with E-state index in [0.717, 1.165) is 56.6 Å². The first-order chi connectivity index (χ1) is 72.4. The summed E-state index contributed by atoms with van der Waals surface area (Å²) in [4.78, 5) is 4.80. The van der Waals surface area contributed by atoms with Gasteiger partial charge in [0.05, 0.1) is 22.1 Å². The summed E-state index contributed by atoms with van der Waals surface area (Å²) < 4.78 is 4.85. The largest absolute Gasteiger partial charge is 0.310 e. The van der Waals surface area contributed by atoms with E-state index in [1.54, 1.807) is 0 Å². The lowest BCUT2D eigenvalue weighted by atomic mass is 9.94. The maximum Gasteiger partial charge on any atom is 0.0541 e. The molecule has 146 heavy (non-hydrogen) atoms. The number of rotatable bonds is 17. The Morgan fingerprint density at radius 2 is 0.308 bits per heavy atom. The van der Waals surface area contributed by atoms with Crippen LogP contribution in [0.5, 0.6) is 0 Å². The summed E-state index contributed by atoms with van der Waals surface area (Å²) in [5.41, 5.74) is 35.1. The van der Waals surface area contributed by atoms with Crippen molar-refractivity contribution < 1.29 is 0 Å². The van der Waals surface area contributed by atoms with E-state index in [9.17, 15) is 0 Å². The molecule has 2 heterocycles. The average Bonchev–Trinajstić information content (AvgIpc) is 1.55. The monoisotopic (exact) mass is 1850 g/mol. The van der Waals surface area contributed by atoms with E-state index in [1.165, 1.54) is 208 Å². The molecule has 0 unspecified atom stereocenters. The van der Waals surface area contributed by atoms with Crippen LogP contribution in [0.25, 0.3) is 231 Å². The molecule has 28 rings (SSSR count). The second-order valence-corrected chi connectivity index (χ2v) is 38.1. The minimum Gasteiger partial charge on any atom is -0.310 e. The van der Waals surface area contributed by atoms with Gasteiger partial charge in [0, 0.05) is 67.0 Å². The molecule has 0 saturated carbocycles. The molecular weight excluding hydrogens is 1760 g/mol. The summed E-state index contributed by atoms with van der Waals surface area (Å²) in [6.45, 7) is 0. The summed E-state index contributed by atoms with van der Waals surface area (Å²) in [5, 5.41) is 22.5. The van der Waals surface area contributed by atoms with Gasteiger partial charge in [-0.3, -0.25) is 0 Å². The molecule has 0 aliphatic heterocycles. The molecule has 0 N–H and O–H groups in total. The van der Waals surface area contributed by atoms with Gasteiger partial charge in [-0.05, 0) is 321 Å². The number of anilines is 6. The molecule has 0 aliphatic carbocycles. The van der Waals surface area contributed by atoms with Crippen LogP contribution in [0.3, 0.4) is 0 Å². The van der Waals surface area contributed by atoms with Crippen molar-refractivity contribution in [1.82, 2.24) is 9.13 Å². The summed E-state index contributed by atoms with van der Waals surface area (Å²) in [6, 6.07) is 209. The van der Waals surface area contributed by atoms with E-state index in [2.05, 4.69) is 589 Å². The molecule has 0 atom stereocenters. The summed E-state index contributed by atoms with van der Waals surface area (Å²) in [5.74, 6) is 0. The number of hydrogen-bond acceptors (Lipinski definition) is 2. The molecule has 4 nitrogen and oxygen atoms in total. The van der Waals surface area contributed by atoms with Crippen molar-refractivity contribution in [1.29, 1.82) is 0 Å². The zero-order chi connectivity index (χ0) is 96.5. The molecule has 4 heteroatoms. The van der Waals surface area contributed by atoms with Crippen molar-refractivity contribution in [3.05, 3.63) is 570 Å². The molecule has 682 valence electrons. The lowest BCUT2D eigenvalue weighted by Gasteiger charge is -2.26. The molecule has 26 aromatic carbocycles. The van der Waals surface area contributed by atoms with Gasteiger partial charge in [0.1, 0.15) is 0 Å². The lowest BCUT2D eigenvalue weighted by molar-refractivity contribution is 1.18. The van der Waals surface area contributed by atoms with Crippen LogP contribution in [-0.2, 0) is 0 Å². The second kappa shape index (κ2) is 36.7. The fourth-order valence-electron chi connectivity index (χ4n) is 22.6. The molecule has 0 saturated heterocycles. The Kier molecular flexibility index (Phi) is 21.6. The highest BCUT2D eigenvalue weighted by Crippen LogP contribution is 2.49. The molecule has 0 aliphatic rings. The van der Waals surface area contributed by atoms with Crippen LogP contribution in [-0.4, -0.2) is 9.13 Å². The third-order valence-electron chi connectivity index (χ3n) is 29.8. The Bertz CT molecular complexity index is 9760. The number of nitrogens with zero attached hydrogens (tertiary/aromatic N) is 4. The highest BCUT2D eigenvalue weighted by atomic mass is 15.1. The average molecular weight is 1860 g/mol. The van der Waals surface area contributed by atoms with Gasteiger partial charge in [-0.2, -0.15) is 0 Å². The van der Waals surface area contributed by atoms with E-state index in [4.69, 9.17) is 0 Å². The molecule has 0 fully saturated rings. The summed E-state index contributed by atoms with van der Waals surface area (Å²) >= 11 is 0. The number of aromatic nitrogens is 2. The van der Waals surface area contributed by atoms with E-state index in [1.807, 2.05) is 0 Å². The van der Waals surface area contributed by atoms with E-state index >= 15 is 0 Å². The third kappa shape index (κ3) is 15.6. The van der Waals surface area contributed by atoms with Crippen molar-refractivity contribution in [2.24, 2.45) is 0 Å². The molecule has 0 spiro atoms. The van der Waals surface area contributed by atoms with E-state index in [-0.39, 0.29) is 0 Å². The molecule has 0 radical (unpaired) electrons. The Labute approximate surface area is 847 Å². The van der Waals surface area contributed by atoms with Crippen LogP contribution in [0.15, 0.2) is 570 Å². The van der Waals surface area contributed by atoms with Crippen LogP contribution < -0.4 is 9.80 Å². The Morgan fingerprint density at radius 3 is 0.603 bits per heavy atom. The van der Waals surface area contributed by atoms with Crippen molar-refractivity contribution in [3.8, 4) is 112 Å². The molecule has 0 amide bonds. The van der Waals surface area contributed by atoms with Gasteiger partial charge >= 0.3 is 0 Å². The predicted molar refractivity (Wildman–Crippen MR) is 622 cm³/mol. The van der Waals surface area contributed by atoms with Crippen LogP contribution >= 0.6 is 0 Å². The highest BCUT2D eigenvalue weighted by molar-refractivity contribution is 6.28. The quantitative estimate of drug-likeness (QED) is 0.0845. The third-order valence-corrected chi connectivity index (χ3v) is 29.8. The SMILES string of the molecule is c1ccc(-c2ccc(-c3ccc4c(c3)c3cc(-c5ccc(N(c6ccc(-c7ccccc7)cc6)c6ccc7c8ccccc8c8ccccc8c7c6)cc5)ccc3n4-c3ccc(-c4ccccc4)cc3)cc2)cc1.c1ccc(-c2ccc(N(c3ccc(-c4ccc5c(c4)c4cc(-c6cccc7ccccc67)ccc4n5-c4ccc(-c5ccccc5)cc4)cc3)c3ccc4c5ccccc5c5ccccc5c4c3)cc2)cc1. The van der Waals surface area contributed by atoms with Crippen LogP contribution in [0.4, 0.5) is 34.1 Å². The van der Waals surface area contributed by atoms with Gasteiger partial charge < -0.3 is 18.9 Å². The van der Waals surface area contributed by atoms with Crippen molar-refractivity contribution >= 4 is 153 Å². The van der Waals surface area contributed by atoms with Gasteiger partial charge in [0.2, 0.25) is 0 Å². The van der Waals surface area contributed by atoms with E-state index < -0.39 is 0 Å². The van der Waals surface area contributed by atoms with Gasteiger partial charge in [-0.15, -0.1) is 0 Å². The standard InChI is InChI=1S/C72H48N2.C70H46N2/c1-4-14-49(15-5-1)52-24-26-55(27-25-52)57-34-44-71-69(46-57)70-47-58(35-45-72(70)74(71)61-40-30-54(31-41-61)51-18-8-3-9-19-51)56-32-38-60(39-33-56)73(59-36-28-53(29-37-59)50-16-6-2-7-17-50)62-42-43-67-65-22-11-10-20-63(65)64-21-12-13-23-66(64)68(67)48-62;1-3-14-47(15-4-1)49-26-34-55(35-27-49)71(58-40-41-65-63-23-10-9-21-61(63)62-22-11-12-24-64(62)66(65)46-58)56-36-30-51(31-37-56)53-32-42-69-67(44-53)68-45-54(60-25-13-19-52-18-7-8-20-59(52)60)33-43-70(68)72(69)57-38-28-50(29-39-57)48-16-5-2-6-17-48/h1-48H;1-46H. The van der Waals surface area contributed by atoms with Crippen molar-refractivity contribution in [2.75, 3.05) is 9.80 Å². The van der Waals surface area contributed by atoms with Crippen molar-refractivity contribution in [3.63, 3.8) is 0 Å². The first kappa shape index (κ1) is 85.9. The minimum atomic E-state index is 1.09. The van der Waals surface area contributed by atoms with Gasteiger partial charge in [0.15, 0.2) is 0 Å². The Balaban J connectivity index is 0.000000145. The Hall–Kier alpha value is -19.3. The summed E-state index contributed by atoms with van der Waals surface area (Å²) in [7, 11) is 0. The smallest absolute Gasteiger partial charge is 0.0541 e. The fraction of sp³-hybridized carbons (Fsp3) is 0. The van der Waals surface area contributed by atoms with Gasteiger partial charge in [-0.1, -0.05) is 425 Å². The van der Waals surface area contributed by atoms with Crippen LogP contribution in [0, 0.1) is 0 Å². The number of fused-ring (bicyclic) bond motifs is 19. The zero-order valence-corrected chi connectivity index (χ0v) is 80.1. The minimum absolute atomic E-state index is 1.09. The van der Waals surface area contributed by atoms with Gasteiger partial charge in [0.25, 0.3) is 0 Å². The van der Waals surface area contributed by atoms with Gasteiger partial charge in [-0.25, -0.2) is 0 Å². The normalized spacial score (nSPS) is 11.6. The topological polar surface area (TPSA) is 16.3 Å². The fourth-order valence-corrected chi connectivity index (χ4v) is 22.6. The zero-order valence-electron chi connectivity index (χ0n) is 80.1. The molecule has 0 bridgehead atoms. The predicted octanol–water partition coefficient (Wildman–Crippen LogP) is 39.6.